The van der Waals surface area contributed by atoms with E-state index in [1.807, 2.05) is 0 Å². The summed E-state index contributed by atoms with van der Waals surface area (Å²) < 4.78 is 5.31. The van der Waals surface area contributed by atoms with E-state index < -0.39 is 0 Å². The standard InChI is InChI=1S/C15H29N3O2/c1-2-16-11-13-3-7-18(8-4-13)12-15(19)17-14-5-9-20-10-6-14/h13-14,16H,2-12H2,1H3,(H,17,19). The fraction of sp³-hybridized carbons (Fsp3) is 0.933. The van der Waals surface area contributed by atoms with Crippen LogP contribution in [0.3, 0.4) is 0 Å². The van der Waals surface area contributed by atoms with E-state index in [2.05, 4.69) is 22.5 Å². The van der Waals surface area contributed by atoms with Gasteiger partial charge in [-0.3, -0.25) is 9.69 Å². The molecule has 2 aliphatic rings. The first-order valence-electron chi connectivity index (χ1n) is 8.08. The van der Waals surface area contributed by atoms with Crippen molar-refractivity contribution in [1.29, 1.82) is 0 Å². The number of carbonyl (C=O) groups excluding carboxylic acids is 1. The second kappa shape index (κ2) is 8.60. The van der Waals surface area contributed by atoms with Gasteiger partial charge in [0.1, 0.15) is 0 Å². The third-order valence-corrected chi connectivity index (χ3v) is 4.34. The van der Waals surface area contributed by atoms with Gasteiger partial charge in [0.2, 0.25) is 5.91 Å². The number of piperidine rings is 1. The lowest BCUT2D eigenvalue weighted by atomic mass is 9.97. The molecule has 2 aliphatic heterocycles. The van der Waals surface area contributed by atoms with Crippen molar-refractivity contribution >= 4 is 5.91 Å². The van der Waals surface area contributed by atoms with Gasteiger partial charge in [-0.05, 0) is 57.8 Å². The van der Waals surface area contributed by atoms with Crippen LogP contribution in [0.5, 0.6) is 0 Å². The highest BCUT2D eigenvalue weighted by atomic mass is 16.5. The molecule has 2 N–H and O–H groups in total. The summed E-state index contributed by atoms with van der Waals surface area (Å²) in [6.45, 7) is 8.55. The molecule has 2 heterocycles. The summed E-state index contributed by atoms with van der Waals surface area (Å²) in [5, 5.41) is 6.56. The van der Waals surface area contributed by atoms with Crippen molar-refractivity contribution < 1.29 is 9.53 Å². The van der Waals surface area contributed by atoms with Crippen LogP contribution in [0.1, 0.15) is 32.6 Å². The molecule has 2 saturated heterocycles. The Labute approximate surface area is 122 Å². The predicted molar refractivity (Wildman–Crippen MR) is 79.7 cm³/mol. The minimum atomic E-state index is 0.182. The maximum Gasteiger partial charge on any atom is 0.234 e. The SMILES string of the molecule is CCNCC1CCN(CC(=O)NC2CCOCC2)CC1. The van der Waals surface area contributed by atoms with Gasteiger partial charge in [-0.15, -0.1) is 0 Å². The van der Waals surface area contributed by atoms with Gasteiger partial charge in [0.15, 0.2) is 0 Å². The van der Waals surface area contributed by atoms with Gasteiger partial charge in [0, 0.05) is 19.3 Å². The molecule has 20 heavy (non-hydrogen) atoms. The van der Waals surface area contributed by atoms with Crippen LogP contribution in [0.2, 0.25) is 0 Å². The lowest BCUT2D eigenvalue weighted by molar-refractivity contribution is -0.123. The quantitative estimate of drug-likeness (QED) is 0.750. The number of likely N-dealkylation sites (tertiary alicyclic amines) is 1. The van der Waals surface area contributed by atoms with E-state index in [1.165, 1.54) is 12.8 Å². The Kier molecular flexibility index (Phi) is 6.76. The molecular formula is C15H29N3O2. The Morgan fingerprint density at radius 3 is 2.55 bits per heavy atom. The van der Waals surface area contributed by atoms with Gasteiger partial charge in [-0.2, -0.15) is 0 Å². The molecule has 0 bridgehead atoms. The molecule has 0 aliphatic carbocycles. The van der Waals surface area contributed by atoms with E-state index in [-0.39, 0.29) is 5.91 Å². The van der Waals surface area contributed by atoms with Crippen LogP contribution in [0, 0.1) is 5.92 Å². The van der Waals surface area contributed by atoms with E-state index >= 15 is 0 Å². The highest BCUT2D eigenvalue weighted by Crippen LogP contribution is 2.16. The van der Waals surface area contributed by atoms with Crippen LogP contribution in [-0.2, 0) is 9.53 Å². The third kappa shape index (κ3) is 5.38. The van der Waals surface area contributed by atoms with E-state index in [0.29, 0.717) is 12.6 Å². The van der Waals surface area contributed by atoms with Crippen molar-refractivity contribution in [3.63, 3.8) is 0 Å². The highest BCUT2D eigenvalue weighted by Gasteiger charge is 2.22. The Bertz CT molecular complexity index is 285. The molecular weight excluding hydrogens is 254 g/mol. The maximum absolute atomic E-state index is 12.0. The first-order valence-corrected chi connectivity index (χ1v) is 8.08. The number of carbonyl (C=O) groups is 1. The van der Waals surface area contributed by atoms with Gasteiger partial charge in [0.05, 0.1) is 6.54 Å². The van der Waals surface area contributed by atoms with Crippen LogP contribution in [0.15, 0.2) is 0 Å². The summed E-state index contributed by atoms with van der Waals surface area (Å²) in [6.07, 6.45) is 4.32. The van der Waals surface area contributed by atoms with Crippen LogP contribution < -0.4 is 10.6 Å². The lowest BCUT2D eigenvalue weighted by Crippen LogP contribution is -2.46. The Hall–Kier alpha value is -0.650. The number of ether oxygens (including phenoxy) is 1. The van der Waals surface area contributed by atoms with E-state index in [4.69, 9.17) is 4.74 Å². The first kappa shape index (κ1) is 15.7. The van der Waals surface area contributed by atoms with Crippen molar-refractivity contribution in [3.05, 3.63) is 0 Å². The number of hydrogen-bond donors (Lipinski definition) is 2. The monoisotopic (exact) mass is 283 g/mol. The minimum absolute atomic E-state index is 0.182. The molecule has 1 amide bonds. The number of nitrogens with one attached hydrogen (secondary N) is 2. The molecule has 5 nitrogen and oxygen atoms in total. The van der Waals surface area contributed by atoms with E-state index in [1.54, 1.807) is 0 Å². The molecule has 5 heteroatoms. The van der Waals surface area contributed by atoms with Crippen LogP contribution in [0.25, 0.3) is 0 Å². The molecule has 0 spiro atoms. The molecule has 0 aromatic heterocycles. The van der Waals surface area contributed by atoms with E-state index in [9.17, 15) is 4.79 Å². The Balaban J connectivity index is 1.60. The smallest absolute Gasteiger partial charge is 0.234 e. The zero-order valence-corrected chi connectivity index (χ0v) is 12.7. The van der Waals surface area contributed by atoms with Gasteiger partial charge < -0.3 is 15.4 Å². The maximum atomic E-state index is 12.0. The van der Waals surface area contributed by atoms with Crippen molar-refractivity contribution in [1.82, 2.24) is 15.5 Å². The molecule has 0 aromatic rings. The summed E-state index contributed by atoms with van der Waals surface area (Å²) in [7, 11) is 0. The Morgan fingerprint density at radius 2 is 1.90 bits per heavy atom. The zero-order valence-electron chi connectivity index (χ0n) is 12.7. The molecule has 0 radical (unpaired) electrons. The minimum Gasteiger partial charge on any atom is -0.381 e. The van der Waals surface area contributed by atoms with Crippen LogP contribution >= 0.6 is 0 Å². The molecule has 2 fully saturated rings. The summed E-state index contributed by atoms with van der Waals surface area (Å²) in [6, 6.07) is 0.322. The normalized spacial score (nSPS) is 22.9. The van der Waals surface area contributed by atoms with Gasteiger partial charge >= 0.3 is 0 Å². The summed E-state index contributed by atoms with van der Waals surface area (Å²) in [4.78, 5) is 14.3. The largest absolute Gasteiger partial charge is 0.381 e. The third-order valence-electron chi connectivity index (χ3n) is 4.34. The van der Waals surface area contributed by atoms with Gasteiger partial charge in [0.25, 0.3) is 0 Å². The van der Waals surface area contributed by atoms with Gasteiger partial charge in [-0.25, -0.2) is 0 Å². The van der Waals surface area contributed by atoms with Crippen LogP contribution in [-0.4, -0.2) is 62.8 Å². The average Bonchev–Trinajstić information content (AvgIpc) is 2.47. The second-order valence-electron chi connectivity index (χ2n) is 5.98. The zero-order chi connectivity index (χ0) is 14.2. The van der Waals surface area contributed by atoms with Crippen molar-refractivity contribution in [2.24, 2.45) is 5.92 Å². The number of nitrogens with zero attached hydrogens (tertiary/aromatic N) is 1. The fourth-order valence-corrected chi connectivity index (χ4v) is 3.02. The molecule has 2 rings (SSSR count). The molecule has 0 aromatic carbocycles. The van der Waals surface area contributed by atoms with Crippen molar-refractivity contribution in [2.45, 2.75) is 38.6 Å². The summed E-state index contributed by atoms with van der Waals surface area (Å²) in [5.41, 5.74) is 0. The van der Waals surface area contributed by atoms with Crippen molar-refractivity contribution in [2.75, 3.05) is 45.9 Å². The topological polar surface area (TPSA) is 53.6 Å². The fourth-order valence-electron chi connectivity index (χ4n) is 3.02. The van der Waals surface area contributed by atoms with Crippen molar-refractivity contribution in [3.8, 4) is 0 Å². The van der Waals surface area contributed by atoms with Gasteiger partial charge in [-0.1, -0.05) is 6.92 Å². The molecule has 0 saturated carbocycles. The first-order chi connectivity index (χ1) is 9.78. The molecule has 0 atom stereocenters. The molecule has 116 valence electrons. The average molecular weight is 283 g/mol. The van der Waals surface area contributed by atoms with Crippen LogP contribution in [0.4, 0.5) is 0 Å². The Morgan fingerprint density at radius 1 is 1.20 bits per heavy atom. The lowest BCUT2D eigenvalue weighted by Gasteiger charge is -2.32. The summed E-state index contributed by atoms with van der Waals surface area (Å²) >= 11 is 0. The van der Waals surface area contributed by atoms with E-state index in [0.717, 1.165) is 58.2 Å². The highest BCUT2D eigenvalue weighted by molar-refractivity contribution is 5.78. The number of hydrogen-bond acceptors (Lipinski definition) is 4. The predicted octanol–water partition coefficient (Wildman–Crippen LogP) is 0.603. The number of rotatable bonds is 6. The second-order valence-corrected chi connectivity index (χ2v) is 5.98. The summed E-state index contributed by atoms with van der Waals surface area (Å²) in [5.74, 6) is 0.965. The molecule has 0 unspecified atom stereocenters. The number of amides is 1.